The van der Waals surface area contributed by atoms with Crippen LogP contribution in [0.15, 0.2) is 59.6 Å². The summed E-state index contributed by atoms with van der Waals surface area (Å²) in [6.45, 7) is 5.89. The molecule has 0 spiro atoms. The molecule has 0 saturated carbocycles. The van der Waals surface area contributed by atoms with Crippen LogP contribution in [0.1, 0.15) is 96.5 Å². The molecule has 1 heterocycles. The van der Waals surface area contributed by atoms with Crippen molar-refractivity contribution in [2.24, 2.45) is 0 Å². The molecular formula is C33H49BrN2O3S. The molecule has 1 aliphatic heterocycles. The SMILES string of the molecule is Br.CCCCCCCCCCCCCCOc1ccccc1OCC(=O)Nc1ccc(CN2CSC=C2C)cc1. The van der Waals surface area contributed by atoms with Gasteiger partial charge in [-0.05, 0) is 48.6 Å². The van der Waals surface area contributed by atoms with E-state index in [0.29, 0.717) is 18.1 Å². The van der Waals surface area contributed by atoms with E-state index in [1.165, 1.54) is 81.9 Å². The zero-order valence-corrected chi connectivity index (χ0v) is 27.0. The molecule has 2 aromatic carbocycles. The van der Waals surface area contributed by atoms with E-state index in [-0.39, 0.29) is 29.5 Å². The third-order valence-electron chi connectivity index (χ3n) is 7.06. The van der Waals surface area contributed by atoms with E-state index in [1.54, 1.807) is 0 Å². The van der Waals surface area contributed by atoms with Crippen LogP contribution in [-0.4, -0.2) is 29.9 Å². The Balaban J connectivity index is 0.00000560. The lowest BCUT2D eigenvalue weighted by atomic mass is 10.1. The molecule has 0 unspecified atom stereocenters. The Morgan fingerprint density at radius 2 is 1.40 bits per heavy atom. The summed E-state index contributed by atoms with van der Waals surface area (Å²) in [6, 6.07) is 15.6. The van der Waals surface area contributed by atoms with Crippen LogP contribution >= 0.6 is 28.7 Å². The minimum atomic E-state index is -0.187. The first-order valence-corrected chi connectivity index (χ1v) is 16.0. The summed E-state index contributed by atoms with van der Waals surface area (Å²) in [5, 5.41) is 5.11. The molecule has 40 heavy (non-hydrogen) atoms. The predicted molar refractivity (Wildman–Crippen MR) is 176 cm³/mol. The Morgan fingerprint density at radius 3 is 1.98 bits per heavy atom. The van der Waals surface area contributed by atoms with Gasteiger partial charge in [-0.2, -0.15) is 0 Å². The molecular weight excluding hydrogens is 584 g/mol. The van der Waals surface area contributed by atoms with Crippen molar-refractivity contribution in [3.8, 4) is 11.5 Å². The Morgan fingerprint density at radius 1 is 0.825 bits per heavy atom. The minimum absolute atomic E-state index is 0. The van der Waals surface area contributed by atoms with Crippen LogP contribution in [0, 0.1) is 0 Å². The van der Waals surface area contributed by atoms with E-state index in [4.69, 9.17) is 9.47 Å². The normalized spacial score (nSPS) is 12.6. The highest BCUT2D eigenvalue weighted by atomic mass is 79.9. The number of para-hydroxylation sites is 2. The molecule has 0 bridgehead atoms. The summed E-state index contributed by atoms with van der Waals surface area (Å²) in [6.07, 6.45) is 15.9. The minimum Gasteiger partial charge on any atom is -0.490 e. The molecule has 222 valence electrons. The van der Waals surface area contributed by atoms with Crippen molar-refractivity contribution in [2.75, 3.05) is 24.4 Å². The monoisotopic (exact) mass is 632 g/mol. The maximum atomic E-state index is 12.5. The summed E-state index contributed by atoms with van der Waals surface area (Å²) in [5.74, 6) is 2.11. The van der Waals surface area contributed by atoms with Crippen molar-refractivity contribution >= 4 is 40.3 Å². The molecule has 0 fully saturated rings. The van der Waals surface area contributed by atoms with E-state index in [9.17, 15) is 4.79 Å². The standard InChI is InChI=1S/C33H48N2O3S.BrH/c1-3-4-5-6-7-8-9-10-11-12-13-16-23-37-31-17-14-15-18-32(31)38-25-33(36)34-30-21-19-29(20-22-30)24-35-27-39-26-28(35)2;/h14-15,17-22,26H,3-13,16,23-25,27H2,1-2H3,(H,34,36);1H. The summed E-state index contributed by atoms with van der Waals surface area (Å²) in [4.78, 5) is 14.8. The van der Waals surface area contributed by atoms with Crippen LogP contribution in [0.2, 0.25) is 0 Å². The van der Waals surface area contributed by atoms with Crippen molar-refractivity contribution in [3.05, 3.63) is 65.2 Å². The number of rotatable bonds is 20. The Labute approximate surface area is 257 Å². The molecule has 1 N–H and O–H groups in total. The maximum absolute atomic E-state index is 12.5. The maximum Gasteiger partial charge on any atom is 0.262 e. The highest BCUT2D eigenvalue weighted by molar-refractivity contribution is 8.93. The zero-order valence-electron chi connectivity index (χ0n) is 24.5. The number of nitrogens with zero attached hydrogens (tertiary/aromatic N) is 1. The fourth-order valence-electron chi connectivity index (χ4n) is 4.66. The molecule has 0 saturated heterocycles. The third-order valence-corrected chi connectivity index (χ3v) is 8.03. The number of carbonyl (C=O) groups excluding carboxylic acids is 1. The molecule has 0 atom stereocenters. The molecule has 1 amide bonds. The Bertz CT molecular complexity index is 999. The van der Waals surface area contributed by atoms with Gasteiger partial charge in [0.05, 0.1) is 12.5 Å². The molecule has 1 aliphatic rings. The van der Waals surface area contributed by atoms with Crippen molar-refractivity contribution in [3.63, 3.8) is 0 Å². The number of allylic oxidation sites excluding steroid dienone is 1. The van der Waals surface area contributed by atoms with Gasteiger partial charge in [0.25, 0.3) is 5.91 Å². The van der Waals surface area contributed by atoms with E-state index >= 15 is 0 Å². The van der Waals surface area contributed by atoms with E-state index in [0.717, 1.165) is 24.5 Å². The zero-order chi connectivity index (χ0) is 27.5. The number of anilines is 1. The second kappa shape index (κ2) is 20.7. The number of benzene rings is 2. The van der Waals surface area contributed by atoms with Gasteiger partial charge in [-0.3, -0.25) is 4.79 Å². The predicted octanol–water partition coefficient (Wildman–Crippen LogP) is 9.73. The number of hydrogen-bond acceptors (Lipinski definition) is 5. The smallest absolute Gasteiger partial charge is 0.262 e. The first-order chi connectivity index (χ1) is 19.2. The van der Waals surface area contributed by atoms with Gasteiger partial charge < -0.3 is 19.7 Å². The lowest BCUT2D eigenvalue weighted by molar-refractivity contribution is -0.118. The highest BCUT2D eigenvalue weighted by Gasteiger charge is 2.12. The highest BCUT2D eigenvalue weighted by Crippen LogP contribution is 2.27. The van der Waals surface area contributed by atoms with Crippen LogP contribution in [0.25, 0.3) is 0 Å². The topological polar surface area (TPSA) is 50.8 Å². The molecule has 0 radical (unpaired) electrons. The molecule has 3 rings (SSSR count). The third kappa shape index (κ3) is 13.5. The molecule has 0 aliphatic carbocycles. The number of hydrogen-bond donors (Lipinski definition) is 1. The number of amides is 1. The average Bonchev–Trinajstić information content (AvgIpc) is 3.35. The Hall–Kier alpha value is -2.12. The molecule has 5 nitrogen and oxygen atoms in total. The summed E-state index contributed by atoms with van der Waals surface area (Å²) in [7, 11) is 0. The van der Waals surface area contributed by atoms with Gasteiger partial charge in [0, 0.05) is 17.9 Å². The van der Waals surface area contributed by atoms with Crippen molar-refractivity contribution in [1.29, 1.82) is 0 Å². The van der Waals surface area contributed by atoms with Gasteiger partial charge in [0.2, 0.25) is 0 Å². The first kappa shape index (κ1) is 34.1. The van der Waals surface area contributed by atoms with E-state index in [1.807, 2.05) is 48.2 Å². The van der Waals surface area contributed by atoms with Gasteiger partial charge in [-0.25, -0.2) is 0 Å². The van der Waals surface area contributed by atoms with Gasteiger partial charge in [0.1, 0.15) is 0 Å². The lowest BCUT2D eigenvalue weighted by Crippen LogP contribution is -2.20. The second-order valence-corrected chi connectivity index (χ2v) is 11.3. The van der Waals surface area contributed by atoms with Gasteiger partial charge in [-0.15, -0.1) is 28.7 Å². The molecule has 7 heteroatoms. The number of nitrogens with one attached hydrogen (secondary N) is 1. The van der Waals surface area contributed by atoms with Gasteiger partial charge in [0.15, 0.2) is 18.1 Å². The summed E-state index contributed by atoms with van der Waals surface area (Å²) >= 11 is 1.82. The van der Waals surface area contributed by atoms with Crippen molar-refractivity contribution < 1.29 is 14.3 Å². The first-order valence-electron chi connectivity index (χ1n) is 14.9. The van der Waals surface area contributed by atoms with Crippen LogP contribution in [0.4, 0.5) is 5.69 Å². The van der Waals surface area contributed by atoms with E-state index < -0.39 is 0 Å². The van der Waals surface area contributed by atoms with Crippen LogP contribution < -0.4 is 14.8 Å². The number of ether oxygens (including phenoxy) is 2. The molecule has 2 aromatic rings. The Kier molecular flexibility index (Phi) is 17.6. The quantitative estimate of drug-likeness (QED) is 0.147. The largest absolute Gasteiger partial charge is 0.490 e. The van der Waals surface area contributed by atoms with E-state index in [2.05, 4.69) is 41.6 Å². The fraction of sp³-hybridized carbons (Fsp3) is 0.545. The molecule has 0 aromatic heterocycles. The van der Waals surface area contributed by atoms with Crippen molar-refractivity contribution in [1.82, 2.24) is 4.90 Å². The summed E-state index contributed by atoms with van der Waals surface area (Å²) in [5.41, 5.74) is 3.29. The number of thioether (sulfide) groups is 1. The number of unbranched alkanes of at least 4 members (excludes halogenated alkanes) is 11. The lowest BCUT2D eigenvalue weighted by Gasteiger charge is -2.19. The number of carbonyl (C=O) groups is 1. The average molecular weight is 634 g/mol. The van der Waals surface area contributed by atoms with Crippen LogP contribution in [0.3, 0.4) is 0 Å². The second-order valence-electron chi connectivity index (χ2n) is 10.5. The summed E-state index contributed by atoms with van der Waals surface area (Å²) < 4.78 is 11.8. The van der Waals surface area contributed by atoms with Crippen molar-refractivity contribution in [2.45, 2.75) is 97.4 Å². The van der Waals surface area contributed by atoms with Crippen LogP contribution in [0.5, 0.6) is 11.5 Å². The number of halogens is 1. The van der Waals surface area contributed by atoms with Crippen LogP contribution in [-0.2, 0) is 11.3 Å². The van der Waals surface area contributed by atoms with Gasteiger partial charge >= 0.3 is 0 Å². The fourth-order valence-corrected chi connectivity index (χ4v) is 5.60. The van der Waals surface area contributed by atoms with Gasteiger partial charge in [-0.1, -0.05) is 102 Å².